The van der Waals surface area contributed by atoms with Crippen LogP contribution in [0.3, 0.4) is 0 Å². The van der Waals surface area contributed by atoms with Crippen LogP contribution < -0.4 is 5.73 Å². The van der Waals surface area contributed by atoms with E-state index < -0.39 is 0 Å². The van der Waals surface area contributed by atoms with Crippen molar-refractivity contribution in [2.75, 3.05) is 5.73 Å². The van der Waals surface area contributed by atoms with E-state index in [0.29, 0.717) is 12.0 Å². The lowest BCUT2D eigenvalue weighted by Gasteiger charge is -2.30. The highest BCUT2D eigenvalue weighted by atomic mass is 15.4. The van der Waals surface area contributed by atoms with Crippen LogP contribution in [-0.2, 0) is 7.05 Å². The molecule has 2 aromatic heterocycles. The number of anilines is 1. The smallest absolute Gasteiger partial charge is 0.202 e. The molecule has 19 heavy (non-hydrogen) atoms. The molecule has 1 fully saturated rings. The van der Waals surface area contributed by atoms with Gasteiger partial charge in [-0.1, -0.05) is 26.2 Å². The monoisotopic (exact) mass is 261 g/mol. The molecular weight excluding hydrogens is 238 g/mol. The van der Waals surface area contributed by atoms with Gasteiger partial charge in [-0.05, 0) is 25.7 Å². The van der Waals surface area contributed by atoms with E-state index in [1.165, 1.54) is 32.1 Å². The maximum absolute atomic E-state index is 6.16. The number of imidazole rings is 1. The van der Waals surface area contributed by atoms with Gasteiger partial charge in [-0.2, -0.15) is 5.10 Å². The standard InChI is InChI=1S/C14H23N5/c1-4-10-6-5-7-11(8-10)19-13-12(16-14(19)15)9(2)17-18(13)3/h10-11H,4-8H2,1-3H3,(H2,15,16). The Bertz CT molecular complexity index is 595. The molecule has 0 aromatic carbocycles. The summed E-state index contributed by atoms with van der Waals surface area (Å²) in [5, 5.41) is 4.46. The van der Waals surface area contributed by atoms with E-state index in [1.54, 1.807) is 0 Å². The van der Waals surface area contributed by atoms with Crippen LogP contribution in [0.1, 0.15) is 50.8 Å². The fourth-order valence-electron chi connectivity index (χ4n) is 3.54. The second-order valence-electron chi connectivity index (χ2n) is 5.82. The molecule has 1 aliphatic rings. The Morgan fingerprint density at radius 1 is 1.37 bits per heavy atom. The molecule has 2 atom stereocenters. The molecule has 0 amide bonds. The van der Waals surface area contributed by atoms with Crippen molar-refractivity contribution in [1.82, 2.24) is 19.3 Å². The molecular formula is C14H23N5. The van der Waals surface area contributed by atoms with Crippen molar-refractivity contribution in [1.29, 1.82) is 0 Å². The number of fused-ring (bicyclic) bond motifs is 1. The number of aryl methyl sites for hydroxylation is 2. The third-order valence-corrected chi connectivity index (χ3v) is 4.56. The van der Waals surface area contributed by atoms with Gasteiger partial charge in [0.05, 0.1) is 5.69 Å². The van der Waals surface area contributed by atoms with Crippen LogP contribution in [-0.4, -0.2) is 19.3 Å². The van der Waals surface area contributed by atoms with Gasteiger partial charge in [-0.15, -0.1) is 0 Å². The molecule has 2 aromatic rings. The van der Waals surface area contributed by atoms with Crippen molar-refractivity contribution in [3.8, 4) is 0 Å². The molecule has 2 heterocycles. The van der Waals surface area contributed by atoms with E-state index in [0.717, 1.165) is 22.8 Å². The number of rotatable bonds is 2. The number of nitrogens with zero attached hydrogens (tertiary/aromatic N) is 4. The summed E-state index contributed by atoms with van der Waals surface area (Å²) in [6.07, 6.45) is 6.33. The second kappa shape index (κ2) is 4.54. The van der Waals surface area contributed by atoms with Crippen molar-refractivity contribution in [3.05, 3.63) is 5.69 Å². The lowest BCUT2D eigenvalue weighted by atomic mass is 9.84. The van der Waals surface area contributed by atoms with Gasteiger partial charge in [0.1, 0.15) is 5.52 Å². The molecule has 5 heteroatoms. The first-order valence-electron chi connectivity index (χ1n) is 7.28. The molecule has 0 radical (unpaired) electrons. The largest absolute Gasteiger partial charge is 0.369 e. The average molecular weight is 261 g/mol. The number of aromatic nitrogens is 4. The first-order chi connectivity index (χ1) is 9.11. The first kappa shape index (κ1) is 12.5. The van der Waals surface area contributed by atoms with E-state index in [-0.39, 0.29) is 0 Å². The normalized spacial score (nSPS) is 24.2. The molecule has 3 rings (SSSR count). The highest BCUT2D eigenvalue weighted by Crippen LogP contribution is 2.37. The summed E-state index contributed by atoms with van der Waals surface area (Å²) in [6, 6.07) is 0.485. The van der Waals surface area contributed by atoms with Gasteiger partial charge in [-0.25, -0.2) is 4.98 Å². The molecule has 1 saturated carbocycles. The van der Waals surface area contributed by atoms with Gasteiger partial charge in [-0.3, -0.25) is 9.25 Å². The van der Waals surface area contributed by atoms with Gasteiger partial charge in [0.2, 0.25) is 5.95 Å². The summed E-state index contributed by atoms with van der Waals surface area (Å²) < 4.78 is 4.14. The second-order valence-corrected chi connectivity index (χ2v) is 5.82. The summed E-state index contributed by atoms with van der Waals surface area (Å²) in [6.45, 7) is 4.28. The zero-order valence-corrected chi connectivity index (χ0v) is 12.1. The van der Waals surface area contributed by atoms with Crippen molar-refractivity contribution < 1.29 is 0 Å². The van der Waals surface area contributed by atoms with Crippen molar-refractivity contribution in [2.45, 2.75) is 52.0 Å². The Kier molecular flexibility index (Phi) is 2.99. The van der Waals surface area contributed by atoms with Gasteiger partial charge < -0.3 is 5.73 Å². The van der Waals surface area contributed by atoms with E-state index in [2.05, 4.69) is 21.6 Å². The van der Waals surface area contributed by atoms with Crippen LogP contribution in [0.15, 0.2) is 0 Å². The summed E-state index contributed by atoms with van der Waals surface area (Å²) in [7, 11) is 1.98. The van der Waals surface area contributed by atoms with Crippen molar-refractivity contribution in [2.24, 2.45) is 13.0 Å². The molecule has 0 spiro atoms. The molecule has 104 valence electrons. The molecule has 0 aliphatic heterocycles. The van der Waals surface area contributed by atoms with E-state index in [1.807, 2.05) is 18.7 Å². The van der Waals surface area contributed by atoms with Crippen LogP contribution in [0.2, 0.25) is 0 Å². The van der Waals surface area contributed by atoms with E-state index >= 15 is 0 Å². The third-order valence-electron chi connectivity index (χ3n) is 4.56. The molecule has 5 nitrogen and oxygen atoms in total. The first-order valence-corrected chi connectivity index (χ1v) is 7.28. The highest BCUT2D eigenvalue weighted by molar-refractivity contribution is 5.77. The number of nitrogen functional groups attached to an aromatic ring is 1. The van der Waals surface area contributed by atoms with Gasteiger partial charge >= 0.3 is 0 Å². The summed E-state index contributed by atoms with van der Waals surface area (Å²) in [4.78, 5) is 4.52. The predicted octanol–water partition coefficient (Wildman–Crippen LogP) is 2.80. The summed E-state index contributed by atoms with van der Waals surface area (Å²) in [5.74, 6) is 1.47. The molecule has 2 unspecified atom stereocenters. The Balaban J connectivity index is 2.06. The number of hydrogen-bond donors (Lipinski definition) is 1. The molecule has 0 bridgehead atoms. The molecule has 1 aliphatic carbocycles. The fourth-order valence-corrected chi connectivity index (χ4v) is 3.54. The zero-order chi connectivity index (χ0) is 13.6. The van der Waals surface area contributed by atoms with Crippen LogP contribution in [0.5, 0.6) is 0 Å². The molecule has 2 N–H and O–H groups in total. The maximum atomic E-state index is 6.16. The molecule has 0 saturated heterocycles. The number of hydrogen-bond acceptors (Lipinski definition) is 3. The predicted molar refractivity (Wildman–Crippen MR) is 76.9 cm³/mol. The van der Waals surface area contributed by atoms with Crippen molar-refractivity contribution >= 4 is 17.1 Å². The van der Waals surface area contributed by atoms with Gasteiger partial charge in [0.15, 0.2) is 5.65 Å². The van der Waals surface area contributed by atoms with Crippen LogP contribution in [0.4, 0.5) is 5.95 Å². The Hall–Kier alpha value is -1.52. The fraction of sp³-hybridized carbons (Fsp3) is 0.714. The van der Waals surface area contributed by atoms with Crippen LogP contribution >= 0.6 is 0 Å². The van der Waals surface area contributed by atoms with Crippen LogP contribution in [0, 0.1) is 12.8 Å². The lowest BCUT2D eigenvalue weighted by molar-refractivity contribution is 0.265. The Morgan fingerprint density at radius 3 is 2.89 bits per heavy atom. The topological polar surface area (TPSA) is 61.7 Å². The minimum Gasteiger partial charge on any atom is -0.369 e. The van der Waals surface area contributed by atoms with Crippen molar-refractivity contribution in [3.63, 3.8) is 0 Å². The van der Waals surface area contributed by atoms with Crippen LogP contribution in [0.25, 0.3) is 11.2 Å². The van der Waals surface area contributed by atoms with Gasteiger partial charge in [0, 0.05) is 13.1 Å². The minimum atomic E-state index is 0.485. The minimum absolute atomic E-state index is 0.485. The summed E-state index contributed by atoms with van der Waals surface area (Å²) in [5.41, 5.74) is 9.17. The Labute approximate surface area is 113 Å². The highest BCUT2D eigenvalue weighted by Gasteiger charge is 2.27. The lowest BCUT2D eigenvalue weighted by Crippen LogP contribution is -2.21. The number of nitrogens with two attached hydrogens (primary N) is 1. The quantitative estimate of drug-likeness (QED) is 0.904. The average Bonchev–Trinajstić information content (AvgIpc) is 2.88. The SMILES string of the molecule is CCC1CCCC(n2c(N)nc3c(C)nn(C)c32)C1. The van der Waals surface area contributed by atoms with E-state index in [4.69, 9.17) is 5.73 Å². The maximum Gasteiger partial charge on any atom is 0.202 e. The summed E-state index contributed by atoms with van der Waals surface area (Å²) >= 11 is 0. The third kappa shape index (κ3) is 1.91. The van der Waals surface area contributed by atoms with E-state index in [9.17, 15) is 0 Å². The zero-order valence-electron chi connectivity index (χ0n) is 12.1. The van der Waals surface area contributed by atoms with Gasteiger partial charge in [0.25, 0.3) is 0 Å². The Morgan fingerprint density at radius 2 is 2.16 bits per heavy atom.